The number of Topliss-reactive ketones (excluding diaryl/α,β-unsaturated/α-hetero) is 1. The number of benzene rings is 1. The van der Waals surface area contributed by atoms with E-state index < -0.39 is 0 Å². The molecular formula is C16H20N2O4. The lowest BCUT2D eigenvalue weighted by Crippen LogP contribution is -2.45. The van der Waals surface area contributed by atoms with Gasteiger partial charge >= 0.3 is 0 Å². The molecule has 2 rings (SSSR count). The Labute approximate surface area is 129 Å². The van der Waals surface area contributed by atoms with Crippen LogP contribution in [0.4, 0.5) is 5.69 Å². The SMILES string of the molecule is CCCNC(=O)CN1C(=O)COc2ccc(C(=O)CC)cc21. The minimum absolute atomic E-state index is 0.0174. The standard InChI is InChI=1S/C16H20N2O4/c1-3-7-17-15(20)9-18-12-8-11(13(19)4-2)5-6-14(12)22-10-16(18)21/h5-6,8H,3-4,7,9-10H2,1-2H3,(H,17,20). The van der Waals surface area contributed by atoms with Crippen molar-refractivity contribution in [3.63, 3.8) is 0 Å². The van der Waals surface area contributed by atoms with Gasteiger partial charge in [0, 0.05) is 18.5 Å². The lowest BCUT2D eigenvalue weighted by Gasteiger charge is -2.29. The molecule has 1 heterocycles. The topological polar surface area (TPSA) is 75.7 Å². The Morgan fingerprint density at radius 1 is 1.32 bits per heavy atom. The molecule has 2 amide bonds. The van der Waals surface area contributed by atoms with E-state index in [1.807, 2.05) is 6.92 Å². The van der Waals surface area contributed by atoms with Crippen LogP contribution in [0.15, 0.2) is 18.2 Å². The van der Waals surface area contributed by atoms with Crippen LogP contribution < -0.4 is 15.0 Å². The zero-order chi connectivity index (χ0) is 16.1. The van der Waals surface area contributed by atoms with Gasteiger partial charge in [-0.25, -0.2) is 0 Å². The summed E-state index contributed by atoms with van der Waals surface area (Å²) in [6.07, 6.45) is 1.21. The monoisotopic (exact) mass is 304 g/mol. The summed E-state index contributed by atoms with van der Waals surface area (Å²) in [4.78, 5) is 37.1. The average Bonchev–Trinajstić information content (AvgIpc) is 2.54. The number of nitrogens with zero attached hydrogens (tertiary/aromatic N) is 1. The normalized spacial score (nSPS) is 13.4. The first kappa shape index (κ1) is 16.0. The Kier molecular flexibility index (Phi) is 5.14. The van der Waals surface area contributed by atoms with E-state index >= 15 is 0 Å². The van der Waals surface area contributed by atoms with Gasteiger partial charge in [-0.2, -0.15) is 0 Å². The van der Waals surface area contributed by atoms with Crippen LogP contribution in [-0.2, 0) is 9.59 Å². The lowest BCUT2D eigenvalue weighted by atomic mass is 10.1. The molecule has 6 nitrogen and oxygen atoms in total. The summed E-state index contributed by atoms with van der Waals surface area (Å²) < 4.78 is 5.36. The summed E-state index contributed by atoms with van der Waals surface area (Å²) >= 11 is 0. The molecular weight excluding hydrogens is 284 g/mol. The first-order chi connectivity index (χ1) is 10.6. The molecule has 22 heavy (non-hydrogen) atoms. The van der Waals surface area contributed by atoms with Gasteiger partial charge in [0.2, 0.25) is 5.91 Å². The van der Waals surface area contributed by atoms with E-state index in [0.717, 1.165) is 6.42 Å². The fourth-order valence-electron chi connectivity index (χ4n) is 2.22. The first-order valence-corrected chi connectivity index (χ1v) is 7.44. The number of ether oxygens (including phenoxy) is 1. The summed E-state index contributed by atoms with van der Waals surface area (Å²) in [5.74, 6) is -0.0257. The van der Waals surface area contributed by atoms with Gasteiger partial charge in [0.15, 0.2) is 12.4 Å². The predicted octanol–water partition coefficient (Wildman–Crippen LogP) is 1.53. The number of carbonyl (C=O) groups excluding carboxylic acids is 3. The highest BCUT2D eigenvalue weighted by molar-refractivity contribution is 6.04. The third-order valence-corrected chi connectivity index (χ3v) is 3.42. The molecule has 0 fully saturated rings. The van der Waals surface area contributed by atoms with E-state index in [1.165, 1.54) is 4.90 Å². The minimum atomic E-state index is -0.291. The van der Waals surface area contributed by atoms with Crippen molar-refractivity contribution in [2.45, 2.75) is 26.7 Å². The van der Waals surface area contributed by atoms with Gasteiger partial charge in [-0.3, -0.25) is 19.3 Å². The molecule has 0 saturated heterocycles. The second-order valence-electron chi connectivity index (χ2n) is 5.08. The molecule has 0 aliphatic carbocycles. The Hall–Kier alpha value is -2.37. The van der Waals surface area contributed by atoms with E-state index in [-0.39, 0.29) is 30.7 Å². The van der Waals surface area contributed by atoms with Crippen molar-refractivity contribution in [1.82, 2.24) is 5.32 Å². The highest BCUT2D eigenvalue weighted by Crippen LogP contribution is 2.33. The Morgan fingerprint density at radius 2 is 2.09 bits per heavy atom. The van der Waals surface area contributed by atoms with Crippen LogP contribution in [-0.4, -0.2) is 37.3 Å². The highest BCUT2D eigenvalue weighted by Gasteiger charge is 2.28. The number of fused-ring (bicyclic) bond motifs is 1. The Morgan fingerprint density at radius 3 is 2.77 bits per heavy atom. The van der Waals surface area contributed by atoms with Gasteiger partial charge in [0.05, 0.1) is 5.69 Å². The van der Waals surface area contributed by atoms with Gasteiger partial charge in [-0.15, -0.1) is 0 Å². The van der Waals surface area contributed by atoms with Crippen molar-refractivity contribution in [3.8, 4) is 5.75 Å². The van der Waals surface area contributed by atoms with Crippen molar-refractivity contribution in [2.24, 2.45) is 0 Å². The fourth-order valence-corrected chi connectivity index (χ4v) is 2.22. The molecule has 1 aliphatic rings. The maximum Gasteiger partial charge on any atom is 0.265 e. The first-order valence-electron chi connectivity index (χ1n) is 7.44. The third kappa shape index (κ3) is 3.44. The molecule has 0 unspecified atom stereocenters. The molecule has 1 N–H and O–H groups in total. The Balaban J connectivity index is 2.26. The second kappa shape index (κ2) is 7.06. The molecule has 1 aliphatic heterocycles. The molecule has 6 heteroatoms. The number of ketones is 1. The quantitative estimate of drug-likeness (QED) is 0.809. The van der Waals surface area contributed by atoms with Crippen molar-refractivity contribution in [1.29, 1.82) is 0 Å². The number of rotatable bonds is 6. The minimum Gasteiger partial charge on any atom is -0.482 e. The number of amides is 2. The van der Waals surface area contributed by atoms with Gasteiger partial charge in [0.25, 0.3) is 5.91 Å². The maximum absolute atomic E-state index is 12.1. The zero-order valence-corrected chi connectivity index (χ0v) is 12.8. The summed E-state index contributed by atoms with van der Waals surface area (Å²) in [7, 11) is 0. The average molecular weight is 304 g/mol. The molecule has 0 aromatic heterocycles. The van der Waals surface area contributed by atoms with Gasteiger partial charge in [-0.05, 0) is 24.6 Å². The smallest absolute Gasteiger partial charge is 0.265 e. The number of anilines is 1. The third-order valence-electron chi connectivity index (χ3n) is 3.42. The Bertz CT molecular complexity index is 598. The number of nitrogens with one attached hydrogen (secondary N) is 1. The van der Waals surface area contributed by atoms with Crippen molar-refractivity contribution < 1.29 is 19.1 Å². The molecule has 0 radical (unpaired) electrons. The maximum atomic E-state index is 12.1. The summed E-state index contributed by atoms with van der Waals surface area (Å²) in [6, 6.07) is 4.96. The molecule has 0 atom stereocenters. The number of hydrogen-bond donors (Lipinski definition) is 1. The van der Waals surface area contributed by atoms with E-state index in [9.17, 15) is 14.4 Å². The van der Waals surface area contributed by atoms with Crippen molar-refractivity contribution in [3.05, 3.63) is 23.8 Å². The lowest BCUT2D eigenvalue weighted by molar-refractivity contribution is -0.125. The summed E-state index contributed by atoms with van der Waals surface area (Å²) in [6.45, 7) is 4.13. The van der Waals surface area contributed by atoms with E-state index in [4.69, 9.17) is 4.74 Å². The van der Waals surface area contributed by atoms with E-state index in [1.54, 1.807) is 25.1 Å². The summed E-state index contributed by atoms with van der Waals surface area (Å²) in [5, 5.41) is 2.74. The van der Waals surface area contributed by atoms with Crippen LogP contribution in [0.1, 0.15) is 37.0 Å². The largest absolute Gasteiger partial charge is 0.482 e. The summed E-state index contributed by atoms with van der Waals surface area (Å²) in [5.41, 5.74) is 0.987. The highest BCUT2D eigenvalue weighted by atomic mass is 16.5. The second-order valence-corrected chi connectivity index (χ2v) is 5.08. The van der Waals surface area contributed by atoms with Crippen molar-refractivity contribution in [2.75, 3.05) is 24.6 Å². The van der Waals surface area contributed by atoms with E-state index in [2.05, 4.69) is 5.32 Å². The van der Waals surface area contributed by atoms with E-state index in [0.29, 0.717) is 30.0 Å². The molecule has 0 spiro atoms. The van der Waals surface area contributed by atoms with Gasteiger partial charge in [0.1, 0.15) is 12.3 Å². The number of hydrogen-bond acceptors (Lipinski definition) is 4. The molecule has 1 aromatic rings. The van der Waals surface area contributed by atoms with Crippen LogP contribution >= 0.6 is 0 Å². The van der Waals surface area contributed by atoms with Gasteiger partial charge in [-0.1, -0.05) is 13.8 Å². The van der Waals surface area contributed by atoms with Crippen LogP contribution in [0.3, 0.4) is 0 Å². The van der Waals surface area contributed by atoms with Crippen LogP contribution in [0, 0.1) is 0 Å². The van der Waals surface area contributed by atoms with Gasteiger partial charge < -0.3 is 10.1 Å². The molecule has 0 saturated carbocycles. The van der Waals surface area contributed by atoms with Crippen LogP contribution in [0.25, 0.3) is 0 Å². The number of carbonyl (C=O) groups is 3. The zero-order valence-electron chi connectivity index (χ0n) is 12.8. The van der Waals surface area contributed by atoms with Crippen molar-refractivity contribution >= 4 is 23.3 Å². The predicted molar refractivity (Wildman–Crippen MR) is 82.2 cm³/mol. The van der Waals surface area contributed by atoms with Crippen LogP contribution in [0.5, 0.6) is 5.75 Å². The molecule has 1 aromatic carbocycles. The fraction of sp³-hybridized carbons (Fsp3) is 0.438. The van der Waals surface area contributed by atoms with Crippen LogP contribution in [0.2, 0.25) is 0 Å². The molecule has 118 valence electrons. The molecule has 0 bridgehead atoms.